The lowest BCUT2D eigenvalue weighted by molar-refractivity contribution is -0.121. The van der Waals surface area contributed by atoms with E-state index in [0.29, 0.717) is 18.9 Å². The summed E-state index contributed by atoms with van der Waals surface area (Å²) in [5.74, 6) is -0.0733. The first-order valence-electron chi connectivity index (χ1n) is 5.38. The fourth-order valence-electron chi connectivity index (χ4n) is 1.08. The summed E-state index contributed by atoms with van der Waals surface area (Å²) in [6.45, 7) is 4.43. The Balaban J connectivity index is 3.83. The number of aliphatic hydroxyl groups is 1. The van der Waals surface area contributed by atoms with Gasteiger partial charge in [-0.2, -0.15) is 0 Å². The Kier molecular flexibility index (Phi) is 7.49. The van der Waals surface area contributed by atoms with Crippen LogP contribution in [0.1, 0.15) is 20.3 Å². The lowest BCUT2D eigenvalue weighted by Gasteiger charge is -2.16. The van der Waals surface area contributed by atoms with Gasteiger partial charge in [-0.05, 0) is 25.8 Å². The number of urea groups is 1. The van der Waals surface area contributed by atoms with Crippen molar-refractivity contribution in [1.29, 1.82) is 0 Å². The normalized spacial score (nSPS) is 14.0. The van der Waals surface area contributed by atoms with Gasteiger partial charge in [-0.1, -0.05) is 6.92 Å². The molecule has 3 amide bonds. The Hall–Kier alpha value is -1.14. The summed E-state index contributed by atoms with van der Waals surface area (Å²) in [6, 6.07) is -0.944. The van der Waals surface area contributed by atoms with Crippen LogP contribution in [0, 0.1) is 5.92 Å². The minimum atomic E-state index is -0.512. The highest BCUT2D eigenvalue weighted by atomic mass is 16.3. The van der Waals surface area contributed by atoms with Crippen molar-refractivity contribution >= 4 is 11.9 Å². The zero-order valence-corrected chi connectivity index (χ0v) is 10.0. The van der Waals surface area contributed by atoms with Gasteiger partial charge in [0.05, 0.1) is 6.04 Å². The summed E-state index contributed by atoms with van der Waals surface area (Å²) in [5.41, 5.74) is 0. The summed E-state index contributed by atoms with van der Waals surface area (Å²) in [6.07, 6.45) is 0.691. The lowest BCUT2D eigenvalue weighted by atomic mass is 10.1. The molecule has 0 aromatic carbocycles. The minimum Gasteiger partial charge on any atom is -0.396 e. The fourth-order valence-corrected chi connectivity index (χ4v) is 1.08. The molecule has 0 heterocycles. The molecule has 0 aliphatic heterocycles. The molecule has 0 aliphatic carbocycles. The van der Waals surface area contributed by atoms with Crippen LogP contribution in [0.25, 0.3) is 0 Å². The van der Waals surface area contributed by atoms with E-state index in [1.54, 1.807) is 6.92 Å². The van der Waals surface area contributed by atoms with Crippen molar-refractivity contribution in [2.24, 2.45) is 5.92 Å². The molecule has 16 heavy (non-hydrogen) atoms. The van der Waals surface area contributed by atoms with Crippen molar-refractivity contribution in [3.05, 3.63) is 0 Å². The molecule has 0 fully saturated rings. The maximum Gasteiger partial charge on any atom is 0.321 e. The number of hydrogen-bond donors (Lipinski definition) is 4. The van der Waals surface area contributed by atoms with E-state index in [4.69, 9.17) is 5.11 Å². The molecule has 0 rings (SSSR count). The SMILES string of the molecule is CNC(=O)NC(=O)C(C)NCC(C)CCO. The van der Waals surface area contributed by atoms with E-state index in [1.165, 1.54) is 7.05 Å². The zero-order chi connectivity index (χ0) is 12.6. The third-order valence-corrected chi connectivity index (χ3v) is 2.25. The number of rotatable bonds is 6. The summed E-state index contributed by atoms with van der Waals surface area (Å²) >= 11 is 0. The number of amides is 3. The Morgan fingerprint density at radius 1 is 1.31 bits per heavy atom. The number of nitrogens with one attached hydrogen (secondary N) is 3. The van der Waals surface area contributed by atoms with Crippen LogP contribution < -0.4 is 16.0 Å². The number of carbonyl (C=O) groups is 2. The molecule has 6 nitrogen and oxygen atoms in total. The predicted molar refractivity (Wildman–Crippen MR) is 60.9 cm³/mol. The molecule has 4 N–H and O–H groups in total. The molecular formula is C10H21N3O3. The third-order valence-electron chi connectivity index (χ3n) is 2.25. The van der Waals surface area contributed by atoms with Crippen LogP contribution in [0.15, 0.2) is 0 Å². The largest absolute Gasteiger partial charge is 0.396 e. The van der Waals surface area contributed by atoms with Crippen molar-refractivity contribution in [2.75, 3.05) is 20.2 Å². The number of aliphatic hydroxyl groups excluding tert-OH is 1. The van der Waals surface area contributed by atoms with E-state index in [9.17, 15) is 9.59 Å². The second-order valence-corrected chi connectivity index (χ2v) is 3.82. The van der Waals surface area contributed by atoms with Gasteiger partial charge in [0.15, 0.2) is 0 Å². The highest BCUT2D eigenvalue weighted by molar-refractivity contribution is 5.96. The molecular weight excluding hydrogens is 210 g/mol. The molecule has 0 aromatic heterocycles. The maximum atomic E-state index is 11.4. The van der Waals surface area contributed by atoms with Crippen LogP contribution in [0.4, 0.5) is 4.79 Å². The van der Waals surface area contributed by atoms with Crippen LogP contribution >= 0.6 is 0 Å². The summed E-state index contributed by atoms with van der Waals surface area (Å²) < 4.78 is 0. The van der Waals surface area contributed by atoms with E-state index >= 15 is 0 Å². The van der Waals surface area contributed by atoms with Crippen LogP contribution in [-0.4, -0.2) is 43.3 Å². The fraction of sp³-hybridized carbons (Fsp3) is 0.800. The highest BCUT2D eigenvalue weighted by Gasteiger charge is 2.15. The van der Waals surface area contributed by atoms with Crippen LogP contribution in [0.2, 0.25) is 0 Å². The minimum absolute atomic E-state index is 0.141. The van der Waals surface area contributed by atoms with Gasteiger partial charge in [-0.25, -0.2) is 4.79 Å². The molecule has 0 saturated carbocycles. The predicted octanol–water partition coefficient (Wildman–Crippen LogP) is -0.561. The molecule has 0 aromatic rings. The van der Waals surface area contributed by atoms with Crippen molar-refractivity contribution in [2.45, 2.75) is 26.3 Å². The van der Waals surface area contributed by atoms with Gasteiger partial charge in [-0.3, -0.25) is 10.1 Å². The molecule has 0 saturated heterocycles. The Labute approximate surface area is 95.8 Å². The van der Waals surface area contributed by atoms with Crippen molar-refractivity contribution < 1.29 is 14.7 Å². The maximum absolute atomic E-state index is 11.4. The summed E-state index contributed by atoms with van der Waals surface area (Å²) in [4.78, 5) is 22.3. The Bertz CT molecular complexity index is 233. The average Bonchev–Trinajstić information content (AvgIpc) is 2.25. The van der Waals surface area contributed by atoms with Gasteiger partial charge in [0, 0.05) is 13.7 Å². The Morgan fingerprint density at radius 2 is 1.94 bits per heavy atom. The van der Waals surface area contributed by atoms with E-state index in [-0.39, 0.29) is 12.5 Å². The van der Waals surface area contributed by atoms with Gasteiger partial charge < -0.3 is 15.7 Å². The highest BCUT2D eigenvalue weighted by Crippen LogP contribution is 1.98. The molecule has 6 heteroatoms. The Morgan fingerprint density at radius 3 is 2.44 bits per heavy atom. The quantitative estimate of drug-likeness (QED) is 0.493. The molecule has 0 bridgehead atoms. The standard InChI is InChI=1S/C10H21N3O3/c1-7(4-5-14)6-12-8(2)9(15)13-10(16)11-3/h7-8,12,14H,4-6H2,1-3H3,(H2,11,13,15,16). The first-order chi connectivity index (χ1) is 7.51. The number of hydrogen-bond acceptors (Lipinski definition) is 4. The second kappa shape index (κ2) is 8.06. The first-order valence-corrected chi connectivity index (χ1v) is 5.38. The third kappa shape index (κ3) is 6.36. The van der Waals surface area contributed by atoms with Crippen LogP contribution in [0.3, 0.4) is 0 Å². The van der Waals surface area contributed by atoms with E-state index in [2.05, 4.69) is 16.0 Å². The number of carbonyl (C=O) groups excluding carboxylic acids is 2. The first kappa shape index (κ1) is 14.9. The molecule has 0 spiro atoms. The van der Waals surface area contributed by atoms with Gasteiger partial charge in [0.1, 0.15) is 0 Å². The molecule has 94 valence electrons. The summed E-state index contributed by atoms with van der Waals surface area (Å²) in [5, 5.41) is 16.2. The molecule has 0 aliphatic rings. The van der Waals surface area contributed by atoms with Crippen molar-refractivity contribution in [3.63, 3.8) is 0 Å². The van der Waals surface area contributed by atoms with Crippen LogP contribution in [-0.2, 0) is 4.79 Å². The molecule has 2 atom stereocenters. The van der Waals surface area contributed by atoms with E-state index in [1.807, 2.05) is 6.92 Å². The van der Waals surface area contributed by atoms with Gasteiger partial charge in [0.25, 0.3) is 0 Å². The zero-order valence-electron chi connectivity index (χ0n) is 10.0. The van der Waals surface area contributed by atoms with Gasteiger partial charge in [0.2, 0.25) is 5.91 Å². The average molecular weight is 231 g/mol. The molecule has 0 radical (unpaired) electrons. The lowest BCUT2D eigenvalue weighted by Crippen LogP contribution is -2.48. The monoisotopic (exact) mass is 231 g/mol. The molecule has 2 unspecified atom stereocenters. The smallest absolute Gasteiger partial charge is 0.321 e. The summed E-state index contributed by atoms with van der Waals surface area (Å²) in [7, 11) is 1.45. The van der Waals surface area contributed by atoms with Gasteiger partial charge in [-0.15, -0.1) is 0 Å². The topological polar surface area (TPSA) is 90.5 Å². The van der Waals surface area contributed by atoms with Crippen molar-refractivity contribution in [1.82, 2.24) is 16.0 Å². The van der Waals surface area contributed by atoms with E-state index in [0.717, 1.165) is 0 Å². The second-order valence-electron chi connectivity index (χ2n) is 3.82. The van der Waals surface area contributed by atoms with Crippen LogP contribution in [0.5, 0.6) is 0 Å². The van der Waals surface area contributed by atoms with Gasteiger partial charge >= 0.3 is 6.03 Å². The van der Waals surface area contributed by atoms with Crippen molar-refractivity contribution in [3.8, 4) is 0 Å². The number of imide groups is 1. The van der Waals surface area contributed by atoms with E-state index < -0.39 is 12.1 Å².